The molecule has 158 valence electrons. The summed E-state index contributed by atoms with van der Waals surface area (Å²) in [5.74, 6) is -3.80. The number of rotatable bonds is 7. The summed E-state index contributed by atoms with van der Waals surface area (Å²) in [4.78, 5) is 49.9. The molecule has 8 heteroatoms. The second-order valence-corrected chi connectivity index (χ2v) is 6.92. The molecule has 1 aromatic heterocycles. The maximum absolute atomic E-state index is 13.0. The van der Waals surface area contributed by atoms with Crippen LogP contribution in [0.4, 0.5) is 0 Å². The van der Waals surface area contributed by atoms with E-state index in [-0.39, 0.29) is 13.1 Å². The molecule has 3 rings (SSSR count). The van der Waals surface area contributed by atoms with Crippen molar-refractivity contribution in [2.75, 3.05) is 0 Å². The highest BCUT2D eigenvalue weighted by atomic mass is 16.4. The number of aliphatic hydroxyl groups excluding tert-OH is 1. The molecular formula is C23H20N2O6. The van der Waals surface area contributed by atoms with Crippen LogP contribution in [0.1, 0.15) is 28.4 Å². The summed E-state index contributed by atoms with van der Waals surface area (Å²) in [6.45, 7) is 1.14. The number of ketones is 1. The number of carboxylic acid groups (broad SMARTS) is 1. The van der Waals surface area contributed by atoms with Gasteiger partial charge in [0.05, 0.1) is 13.1 Å². The summed E-state index contributed by atoms with van der Waals surface area (Å²) in [5, 5.41) is 18.6. The number of hydrogen-bond donors (Lipinski definition) is 2. The normalized spacial score (nSPS) is 11.6. The van der Waals surface area contributed by atoms with E-state index in [9.17, 15) is 24.3 Å². The number of aliphatic carboxylic acids is 1. The summed E-state index contributed by atoms with van der Waals surface area (Å²) in [6, 6.07) is 17.8. The van der Waals surface area contributed by atoms with Gasteiger partial charge in [-0.25, -0.2) is 9.59 Å². The molecule has 0 unspecified atom stereocenters. The van der Waals surface area contributed by atoms with Gasteiger partial charge in [0.15, 0.2) is 5.78 Å². The third kappa shape index (κ3) is 4.69. The molecule has 0 fully saturated rings. The van der Waals surface area contributed by atoms with Gasteiger partial charge in [-0.15, -0.1) is 0 Å². The minimum absolute atomic E-state index is 0.0674. The van der Waals surface area contributed by atoms with Gasteiger partial charge in [-0.05, 0) is 18.1 Å². The van der Waals surface area contributed by atoms with Crippen LogP contribution in [0.25, 0.3) is 0 Å². The first kappa shape index (κ1) is 21.5. The molecular weight excluding hydrogens is 400 g/mol. The number of carbonyl (C=O) groups is 2. The monoisotopic (exact) mass is 420 g/mol. The lowest BCUT2D eigenvalue weighted by atomic mass is 10.1. The molecule has 2 N–H and O–H groups in total. The van der Waals surface area contributed by atoms with Crippen LogP contribution < -0.4 is 11.2 Å². The van der Waals surface area contributed by atoms with Crippen molar-refractivity contribution in [3.05, 3.63) is 116 Å². The van der Waals surface area contributed by atoms with E-state index in [0.717, 1.165) is 23.3 Å². The number of aromatic nitrogens is 2. The number of hydrogen-bond acceptors (Lipinski definition) is 5. The zero-order chi connectivity index (χ0) is 22.5. The molecule has 0 spiro atoms. The van der Waals surface area contributed by atoms with Gasteiger partial charge in [0.2, 0.25) is 5.76 Å². The van der Waals surface area contributed by atoms with Crippen molar-refractivity contribution in [3.8, 4) is 0 Å². The number of Topliss-reactive ketones (excluding diaryl/α,β-unsaturated/α-hetero) is 1. The lowest BCUT2D eigenvalue weighted by molar-refractivity contribution is -0.135. The quantitative estimate of drug-likeness (QED) is 0.344. The minimum atomic E-state index is -1.69. The molecule has 0 radical (unpaired) electrons. The molecule has 0 saturated heterocycles. The maximum Gasteiger partial charge on any atom is 0.371 e. The topological polar surface area (TPSA) is 119 Å². The summed E-state index contributed by atoms with van der Waals surface area (Å²) in [6.07, 6.45) is 1.11. The average molecular weight is 420 g/mol. The van der Waals surface area contributed by atoms with E-state index in [4.69, 9.17) is 5.11 Å². The van der Waals surface area contributed by atoms with Crippen LogP contribution in [0.3, 0.4) is 0 Å². The first-order chi connectivity index (χ1) is 14.8. The van der Waals surface area contributed by atoms with Crippen LogP contribution in [0, 0.1) is 0 Å². The number of nitrogens with zero attached hydrogens (tertiary/aromatic N) is 2. The second-order valence-electron chi connectivity index (χ2n) is 6.92. The molecule has 0 saturated carbocycles. The van der Waals surface area contributed by atoms with E-state index in [0.29, 0.717) is 5.56 Å². The number of benzene rings is 2. The molecule has 0 atom stereocenters. The fourth-order valence-corrected chi connectivity index (χ4v) is 3.08. The standard InChI is InChI=1S/C23H20N2O6/c1-15(20(27)22(29)30)19(26)18-14-24(12-16-8-4-2-5-9-16)23(31)25(21(18)28)13-17-10-6-3-7-11-17/h2-11,14,27H,12-13H2,1H3,(H,29,30). The molecule has 1 heterocycles. The Kier molecular flexibility index (Phi) is 6.30. The molecule has 0 aliphatic carbocycles. The van der Waals surface area contributed by atoms with Crippen molar-refractivity contribution < 1.29 is 19.8 Å². The van der Waals surface area contributed by atoms with Gasteiger partial charge in [0.25, 0.3) is 5.56 Å². The Morgan fingerprint density at radius 2 is 1.35 bits per heavy atom. The fourth-order valence-electron chi connectivity index (χ4n) is 3.08. The summed E-state index contributed by atoms with van der Waals surface area (Å²) in [5.41, 5.74) is -0.927. The Bertz CT molecular complexity index is 1270. The predicted octanol–water partition coefficient (Wildman–Crippen LogP) is 2.21. The van der Waals surface area contributed by atoms with Crippen LogP contribution in [-0.4, -0.2) is 31.1 Å². The number of allylic oxidation sites excluding steroid dienone is 1. The highest BCUT2D eigenvalue weighted by Crippen LogP contribution is 2.10. The summed E-state index contributed by atoms with van der Waals surface area (Å²) in [7, 11) is 0. The van der Waals surface area contributed by atoms with Gasteiger partial charge >= 0.3 is 11.7 Å². The Morgan fingerprint density at radius 3 is 1.87 bits per heavy atom. The van der Waals surface area contributed by atoms with Gasteiger partial charge in [-0.2, -0.15) is 0 Å². The lowest BCUT2D eigenvalue weighted by Crippen LogP contribution is -2.43. The first-order valence-electron chi connectivity index (χ1n) is 9.39. The molecule has 2 aromatic carbocycles. The molecule has 3 aromatic rings. The van der Waals surface area contributed by atoms with Crippen molar-refractivity contribution in [2.45, 2.75) is 20.0 Å². The second kappa shape index (κ2) is 9.08. The molecule has 0 aliphatic heterocycles. The number of carbonyl (C=O) groups excluding carboxylic acids is 1. The average Bonchev–Trinajstić information content (AvgIpc) is 2.78. The lowest BCUT2D eigenvalue weighted by Gasteiger charge is -2.13. The van der Waals surface area contributed by atoms with E-state index in [1.54, 1.807) is 54.6 Å². The van der Waals surface area contributed by atoms with Crippen LogP contribution >= 0.6 is 0 Å². The Morgan fingerprint density at radius 1 is 0.839 bits per heavy atom. The third-order valence-corrected chi connectivity index (χ3v) is 4.76. The van der Waals surface area contributed by atoms with E-state index in [1.165, 1.54) is 4.57 Å². The zero-order valence-corrected chi connectivity index (χ0v) is 16.7. The van der Waals surface area contributed by atoms with Crippen molar-refractivity contribution >= 4 is 11.8 Å². The van der Waals surface area contributed by atoms with Crippen molar-refractivity contribution in [1.82, 2.24) is 9.13 Å². The Hall–Kier alpha value is -4.20. The van der Waals surface area contributed by atoms with Gasteiger partial charge < -0.3 is 10.2 Å². The van der Waals surface area contributed by atoms with Crippen molar-refractivity contribution in [2.24, 2.45) is 0 Å². The molecule has 8 nitrogen and oxygen atoms in total. The van der Waals surface area contributed by atoms with E-state index in [1.807, 2.05) is 6.07 Å². The highest BCUT2D eigenvalue weighted by molar-refractivity contribution is 6.11. The molecule has 0 aliphatic rings. The van der Waals surface area contributed by atoms with Crippen molar-refractivity contribution in [3.63, 3.8) is 0 Å². The largest absolute Gasteiger partial charge is 0.502 e. The van der Waals surface area contributed by atoms with Gasteiger partial charge in [0, 0.05) is 11.8 Å². The Labute approximate surface area is 177 Å². The highest BCUT2D eigenvalue weighted by Gasteiger charge is 2.23. The first-order valence-corrected chi connectivity index (χ1v) is 9.39. The molecule has 0 amide bonds. The molecule has 0 bridgehead atoms. The summed E-state index contributed by atoms with van der Waals surface area (Å²) < 4.78 is 2.15. The SMILES string of the molecule is CC(C(=O)c1cn(Cc2ccccc2)c(=O)n(Cc2ccccc2)c1=O)=C(O)C(=O)O. The van der Waals surface area contributed by atoms with Gasteiger partial charge in [-0.3, -0.25) is 18.7 Å². The van der Waals surface area contributed by atoms with Crippen LogP contribution in [-0.2, 0) is 17.9 Å². The minimum Gasteiger partial charge on any atom is -0.502 e. The number of carboxylic acids is 1. The Balaban J connectivity index is 2.19. The maximum atomic E-state index is 13.0. The van der Waals surface area contributed by atoms with E-state index < -0.39 is 39.9 Å². The zero-order valence-electron chi connectivity index (χ0n) is 16.7. The predicted molar refractivity (Wildman–Crippen MR) is 113 cm³/mol. The smallest absolute Gasteiger partial charge is 0.371 e. The van der Waals surface area contributed by atoms with Crippen LogP contribution in [0.15, 0.2) is 87.8 Å². The van der Waals surface area contributed by atoms with E-state index >= 15 is 0 Å². The van der Waals surface area contributed by atoms with Crippen molar-refractivity contribution in [1.29, 1.82) is 0 Å². The van der Waals surface area contributed by atoms with Gasteiger partial charge in [-0.1, -0.05) is 60.7 Å². The van der Waals surface area contributed by atoms with Gasteiger partial charge in [0.1, 0.15) is 5.56 Å². The van der Waals surface area contributed by atoms with Crippen LogP contribution in [0.5, 0.6) is 0 Å². The molecule has 31 heavy (non-hydrogen) atoms. The van der Waals surface area contributed by atoms with Crippen LogP contribution in [0.2, 0.25) is 0 Å². The summed E-state index contributed by atoms with van der Waals surface area (Å²) >= 11 is 0. The fraction of sp³-hybridized carbons (Fsp3) is 0.130. The number of aliphatic hydroxyl groups is 1. The van der Waals surface area contributed by atoms with E-state index in [2.05, 4.69) is 0 Å². The third-order valence-electron chi connectivity index (χ3n) is 4.76.